The third-order valence-electron chi connectivity index (χ3n) is 2.70. The molecule has 1 N–H and O–H groups in total. The number of benzene rings is 1. The maximum atomic E-state index is 11.9. The molecule has 0 aromatic heterocycles. The second-order valence-corrected chi connectivity index (χ2v) is 6.13. The van der Waals surface area contributed by atoms with E-state index in [1.807, 2.05) is 39.0 Å². The van der Waals surface area contributed by atoms with Crippen LogP contribution in [0.25, 0.3) is 0 Å². The van der Waals surface area contributed by atoms with E-state index in [2.05, 4.69) is 0 Å². The number of para-hydroxylation sites is 1. The van der Waals surface area contributed by atoms with Crippen LogP contribution in [-0.4, -0.2) is 11.1 Å². The lowest BCUT2D eigenvalue weighted by atomic mass is 10.1. The fourth-order valence-electron chi connectivity index (χ4n) is 1.67. The Kier molecular flexibility index (Phi) is 5.23. The summed E-state index contributed by atoms with van der Waals surface area (Å²) >= 11 is 0. The van der Waals surface area contributed by atoms with E-state index >= 15 is 0 Å². The van der Waals surface area contributed by atoms with Gasteiger partial charge in [0.2, 0.25) is 0 Å². The zero-order chi connectivity index (χ0) is 12.9. The molecule has 0 bridgehead atoms. The summed E-state index contributed by atoms with van der Waals surface area (Å²) in [6.07, 6.45) is 2.62. The van der Waals surface area contributed by atoms with E-state index in [-0.39, 0.29) is 6.16 Å². The zero-order valence-electron chi connectivity index (χ0n) is 10.8. The fraction of sp³-hybridized carbons (Fsp3) is 0.538. The van der Waals surface area contributed by atoms with Gasteiger partial charge in [-0.05, 0) is 30.9 Å². The molecule has 1 rings (SSSR count). The topological polar surface area (TPSA) is 46.5 Å². The van der Waals surface area contributed by atoms with Crippen LogP contribution in [0.5, 0.6) is 5.75 Å². The summed E-state index contributed by atoms with van der Waals surface area (Å²) in [6.45, 7) is 5.90. The zero-order valence-corrected chi connectivity index (χ0v) is 11.7. The van der Waals surface area contributed by atoms with Gasteiger partial charge in [-0.15, -0.1) is 0 Å². The molecule has 0 amide bonds. The summed E-state index contributed by atoms with van der Waals surface area (Å²) in [4.78, 5) is 9.78. The van der Waals surface area contributed by atoms with Gasteiger partial charge in [0.05, 0.1) is 6.16 Å². The highest BCUT2D eigenvalue weighted by atomic mass is 31.2. The molecule has 0 heterocycles. The molecular weight excluding hydrogens is 235 g/mol. The summed E-state index contributed by atoms with van der Waals surface area (Å²) in [6, 6.07) is 5.77. The monoisotopic (exact) mass is 256 g/mol. The summed E-state index contributed by atoms with van der Waals surface area (Å²) in [5, 5.41) is 0. The normalized spacial score (nSPS) is 14.4. The molecule has 0 aliphatic heterocycles. The van der Waals surface area contributed by atoms with E-state index in [1.54, 1.807) is 0 Å². The van der Waals surface area contributed by atoms with E-state index in [0.29, 0.717) is 12.2 Å². The molecule has 0 saturated carbocycles. The van der Waals surface area contributed by atoms with E-state index in [0.717, 1.165) is 24.0 Å². The van der Waals surface area contributed by atoms with Crippen LogP contribution < -0.4 is 4.52 Å². The summed E-state index contributed by atoms with van der Waals surface area (Å²) in [7, 11) is -3.50. The standard InChI is InChI=1S/C13H21O3P/c1-4-6-10-17(14,15)16-13-11(3)8-7-9-12(13)5-2/h7-9H,4-6,10H2,1-3H3,(H,14,15). The predicted molar refractivity (Wildman–Crippen MR) is 70.8 cm³/mol. The molecule has 3 nitrogen and oxygen atoms in total. The number of hydrogen-bond acceptors (Lipinski definition) is 2. The SMILES string of the molecule is CCCCP(=O)(O)Oc1c(C)cccc1CC. The molecule has 0 radical (unpaired) electrons. The first kappa shape index (κ1) is 14.3. The van der Waals surface area contributed by atoms with Crippen molar-refractivity contribution in [3.8, 4) is 5.75 Å². The third kappa shape index (κ3) is 4.18. The van der Waals surface area contributed by atoms with Gasteiger partial charge in [-0.1, -0.05) is 38.5 Å². The Morgan fingerprint density at radius 3 is 2.65 bits per heavy atom. The van der Waals surface area contributed by atoms with Gasteiger partial charge < -0.3 is 9.42 Å². The summed E-state index contributed by atoms with van der Waals surface area (Å²) < 4.78 is 17.3. The van der Waals surface area contributed by atoms with Crippen LogP contribution in [0.15, 0.2) is 18.2 Å². The minimum absolute atomic E-state index is 0.223. The Balaban J connectivity index is 2.90. The van der Waals surface area contributed by atoms with Gasteiger partial charge in [-0.3, -0.25) is 0 Å². The average molecular weight is 256 g/mol. The molecule has 96 valence electrons. The first-order valence-corrected chi connectivity index (χ1v) is 7.86. The molecule has 1 atom stereocenters. The van der Waals surface area contributed by atoms with Crippen LogP contribution in [0, 0.1) is 6.92 Å². The van der Waals surface area contributed by atoms with Crippen molar-refractivity contribution in [3.05, 3.63) is 29.3 Å². The molecule has 0 fully saturated rings. The lowest BCUT2D eigenvalue weighted by Gasteiger charge is -2.17. The van der Waals surface area contributed by atoms with Crippen molar-refractivity contribution < 1.29 is 14.0 Å². The average Bonchev–Trinajstić information content (AvgIpc) is 2.29. The predicted octanol–water partition coefficient (Wildman–Crippen LogP) is 3.92. The second-order valence-electron chi connectivity index (χ2n) is 4.22. The second kappa shape index (κ2) is 6.23. The van der Waals surface area contributed by atoms with Crippen molar-refractivity contribution in [1.29, 1.82) is 0 Å². The highest BCUT2D eigenvalue weighted by Gasteiger charge is 2.22. The van der Waals surface area contributed by atoms with Crippen molar-refractivity contribution in [2.24, 2.45) is 0 Å². The van der Waals surface area contributed by atoms with Crippen LogP contribution in [0.1, 0.15) is 37.8 Å². The first-order chi connectivity index (χ1) is 8.00. The largest absolute Gasteiger partial charge is 0.424 e. The van der Waals surface area contributed by atoms with Gasteiger partial charge in [0.25, 0.3) is 0 Å². The lowest BCUT2D eigenvalue weighted by Crippen LogP contribution is -2.01. The van der Waals surface area contributed by atoms with Gasteiger partial charge in [0.1, 0.15) is 5.75 Å². The van der Waals surface area contributed by atoms with Crippen LogP contribution in [-0.2, 0) is 11.0 Å². The minimum atomic E-state index is -3.50. The van der Waals surface area contributed by atoms with Crippen molar-refractivity contribution in [3.63, 3.8) is 0 Å². The number of hydrogen-bond donors (Lipinski definition) is 1. The highest BCUT2D eigenvalue weighted by molar-refractivity contribution is 7.53. The van der Waals surface area contributed by atoms with Crippen molar-refractivity contribution >= 4 is 7.60 Å². The quantitative estimate of drug-likeness (QED) is 0.784. The van der Waals surface area contributed by atoms with Gasteiger partial charge in [0.15, 0.2) is 0 Å². The number of rotatable bonds is 6. The van der Waals surface area contributed by atoms with Crippen molar-refractivity contribution in [2.45, 2.75) is 40.0 Å². The molecule has 17 heavy (non-hydrogen) atoms. The number of unbranched alkanes of at least 4 members (excludes halogenated alkanes) is 1. The van der Waals surface area contributed by atoms with Crippen LogP contribution in [0.3, 0.4) is 0 Å². The van der Waals surface area contributed by atoms with E-state index in [9.17, 15) is 9.46 Å². The van der Waals surface area contributed by atoms with Crippen LogP contribution >= 0.6 is 7.60 Å². The maximum Gasteiger partial charge on any atom is 0.376 e. The Morgan fingerprint density at radius 2 is 2.06 bits per heavy atom. The molecule has 1 aromatic carbocycles. The molecule has 1 aromatic rings. The van der Waals surface area contributed by atoms with E-state index in [1.165, 1.54) is 0 Å². The molecule has 4 heteroatoms. The lowest BCUT2D eigenvalue weighted by molar-refractivity contribution is 0.375. The van der Waals surface area contributed by atoms with Gasteiger partial charge in [-0.2, -0.15) is 0 Å². The third-order valence-corrected chi connectivity index (χ3v) is 4.05. The molecule has 0 aliphatic rings. The van der Waals surface area contributed by atoms with Crippen molar-refractivity contribution in [1.82, 2.24) is 0 Å². The van der Waals surface area contributed by atoms with Crippen molar-refractivity contribution in [2.75, 3.05) is 6.16 Å². The molecule has 1 unspecified atom stereocenters. The highest BCUT2D eigenvalue weighted by Crippen LogP contribution is 2.45. The molecule has 0 spiro atoms. The first-order valence-electron chi connectivity index (χ1n) is 6.10. The summed E-state index contributed by atoms with van der Waals surface area (Å²) in [5.41, 5.74) is 1.89. The Labute approximate surface area is 103 Å². The Morgan fingerprint density at radius 1 is 1.35 bits per heavy atom. The van der Waals surface area contributed by atoms with Gasteiger partial charge in [0, 0.05) is 0 Å². The smallest absolute Gasteiger partial charge is 0.376 e. The summed E-state index contributed by atoms with van der Waals surface area (Å²) in [5.74, 6) is 0.580. The molecule has 0 saturated heterocycles. The van der Waals surface area contributed by atoms with E-state index < -0.39 is 7.60 Å². The van der Waals surface area contributed by atoms with Gasteiger partial charge >= 0.3 is 7.60 Å². The Bertz CT molecular complexity index is 415. The van der Waals surface area contributed by atoms with Crippen LogP contribution in [0.2, 0.25) is 0 Å². The fourth-order valence-corrected chi connectivity index (χ4v) is 3.02. The Hall–Kier alpha value is -0.790. The van der Waals surface area contributed by atoms with Gasteiger partial charge in [-0.25, -0.2) is 4.57 Å². The maximum absolute atomic E-state index is 11.9. The number of aryl methyl sites for hydroxylation is 2. The minimum Gasteiger partial charge on any atom is -0.424 e. The van der Waals surface area contributed by atoms with Crippen LogP contribution in [0.4, 0.5) is 0 Å². The molecular formula is C13H21O3P. The van der Waals surface area contributed by atoms with E-state index in [4.69, 9.17) is 4.52 Å². The molecule has 0 aliphatic carbocycles.